The molecule has 8 heteroatoms. The first-order chi connectivity index (χ1) is 13.1. The van der Waals surface area contributed by atoms with E-state index in [0.717, 1.165) is 11.3 Å². The minimum Gasteiger partial charge on any atom is -0.345 e. The van der Waals surface area contributed by atoms with Crippen molar-refractivity contribution in [3.8, 4) is 0 Å². The van der Waals surface area contributed by atoms with Gasteiger partial charge in [-0.1, -0.05) is 0 Å². The molecule has 2 amide bonds. The van der Waals surface area contributed by atoms with Crippen LogP contribution in [0.25, 0.3) is 0 Å². The molecular weight excluding hydrogens is 366 g/mol. The molecule has 1 fully saturated rings. The first-order valence-corrected chi connectivity index (χ1v) is 9.13. The molecule has 2 aromatic rings. The monoisotopic (exact) mass is 390 g/mol. The predicted molar refractivity (Wildman–Crippen MR) is 99.8 cm³/mol. The Morgan fingerprint density at radius 1 is 1.25 bits per heavy atom. The molecule has 1 aliphatic heterocycles. The number of aryl methyl sites for hydroxylation is 2. The number of hydrogen-bond donors (Lipinski definition) is 1. The largest absolute Gasteiger partial charge is 0.345 e. The molecular formula is C20H24F2N4O2. The lowest BCUT2D eigenvalue weighted by Crippen LogP contribution is -2.48. The molecule has 1 aromatic heterocycles. The average molecular weight is 390 g/mol. The van der Waals surface area contributed by atoms with E-state index in [1.165, 1.54) is 13.0 Å². The zero-order chi connectivity index (χ0) is 20.6. The summed E-state index contributed by atoms with van der Waals surface area (Å²) in [4.78, 5) is 26.8. The van der Waals surface area contributed by atoms with Crippen LogP contribution in [0.5, 0.6) is 0 Å². The third kappa shape index (κ3) is 3.90. The Balaban J connectivity index is 1.66. The van der Waals surface area contributed by atoms with E-state index in [-0.39, 0.29) is 23.5 Å². The van der Waals surface area contributed by atoms with Gasteiger partial charge in [0, 0.05) is 37.5 Å². The fraction of sp³-hybridized carbons (Fsp3) is 0.450. The summed E-state index contributed by atoms with van der Waals surface area (Å²) >= 11 is 0. The van der Waals surface area contributed by atoms with Gasteiger partial charge in [0.15, 0.2) is 0 Å². The Labute approximate surface area is 162 Å². The van der Waals surface area contributed by atoms with Gasteiger partial charge in [-0.05, 0) is 38.8 Å². The highest BCUT2D eigenvalue weighted by Gasteiger charge is 2.37. The van der Waals surface area contributed by atoms with Gasteiger partial charge >= 0.3 is 0 Å². The van der Waals surface area contributed by atoms with Gasteiger partial charge in [-0.2, -0.15) is 5.10 Å². The van der Waals surface area contributed by atoms with Gasteiger partial charge in [0.1, 0.15) is 11.6 Å². The van der Waals surface area contributed by atoms with Crippen LogP contribution < -0.4 is 5.32 Å². The van der Waals surface area contributed by atoms with E-state index in [0.29, 0.717) is 25.6 Å². The van der Waals surface area contributed by atoms with Crippen LogP contribution in [0.2, 0.25) is 0 Å². The normalized spacial score (nSPS) is 19.1. The number of benzene rings is 1. The highest BCUT2D eigenvalue weighted by atomic mass is 19.1. The zero-order valence-electron chi connectivity index (χ0n) is 16.5. The van der Waals surface area contributed by atoms with Crippen LogP contribution in [-0.4, -0.2) is 45.1 Å². The number of amides is 2. The minimum atomic E-state index is -0.901. The molecule has 150 valence electrons. The molecule has 0 radical (unpaired) electrons. The number of hydrogen-bond acceptors (Lipinski definition) is 3. The van der Waals surface area contributed by atoms with Crippen molar-refractivity contribution in [2.24, 2.45) is 7.05 Å². The SMILES string of the molecule is Cc1cc(C(=O)NC2(C)CCN(C(=O)Cc3cnn(C)c3C)C2)c(F)cc1F. The van der Waals surface area contributed by atoms with Crippen LogP contribution in [0.4, 0.5) is 8.78 Å². The van der Waals surface area contributed by atoms with Crippen LogP contribution in [0, 0.1) is 25.5 Å². The molecule has 3 rings (SSSR count). The molecule has 1 unspecified atom stereocenters. The van der Waals surface area contributed by atoms with E-state index >= 15 is 0 Å². The van der Waals surface area contributed by atoms with E-state index < -0.39 is 23.1 Å². The fourth-order valence-corrected chi connectivity index (χ4v) is 3.44. The molecule has 1 atom stereocenters. The lowest BCUT2D eigenvalue weighted by atomic mass is 10.0. The van der Waals surface area contributed by atoms with E-state index in [1.807, 2.05) is 20.9 Å². The summed E-state index contributed by atoms with van der Waals surface area (Å²) < 4.78 is 29.1. The maximum atomic E-state index is 14.0. The standard InChI is InChI=1S/C20H24F2N4O2/c1-12-7-15(17(22)9-16(12)21)19(28)24-20(3)5-6-26(11-20)18(27)8-14-10-23-25(4)13(14)2/h7,9-10H,5-6,8,11H2,1-4H3,(H,24,28). The molecule has 1 aromatic carbocycles. The van der Waals surface area contributed by atoms with Crippen molar-refractivity contribution < 1.29 is 18.4 Å². The van der Waals surface area contributed by atoms with Gasteiger partial charge in [-0.25, -0.2) is 8.78 Å². The number of carbonyl (C=O) groups is 2. The quantitative estimate of drug-likeness (QED) is 0.871. The first-order valence-electron chi connectivity index (χ1n) is 9.13. The second-order valence-corrected chi connectivity index (χ2v) is 7.72. The number of rotatable bonds is 4. The van der Waals surface area contributed by atoms with Gasteiger partial charge in [0.2, 0.25) is 5.91 Å². The van der Waals surface area contributed by atoms with Crippen molar-refractivity contribution in [1.82, 2.24) is 20.0 Å². The summed E-state index contributed by atoms with van der Waals surface area (Å²) in [5, 5.41) is 6.96. The lowest BCUT2D eigenvalue weighted by Gasteiger charge is -2.26. The summed E-state index contributed by atoms with van der Waals surface area (Å²) in [7, 11) is 1.82. The summed E-state index contributed by atoms with van der Waals surface area (Å²) in [5.41, 5.74) is 1.13. The topological polar surface area (TPSA) is 67.2 Å². The highest BCUT2D eigenvalue weighted by molar-refractivity contribution is 5.95. The summed E-state index contributed by atoms with van der Waals surface area (Å²) in [6.07, 6.45) is 2.48. The molecule has 28 heavy (non-hydrogen) atoms. The molecule has 6 nitrogen and oxygen atoms in total. The number of nitrogens with zero attached hydrogens (tertiary/aromatic N) is 3. The Bertz CT molecular complexity index is 941. The Morgan fingerprint density at radius 3 is 2.61 bits per heavy atom. The molecule has 0 bridgehead atoms. The third-order valence-corrected chi connectivity index (χ3v) is 5.41. The summed E-state index contributed by atoms with van der Waals surface area (Å²) in [6.45, 7) is 6.03. The number of halogens is 2. The van der Waals surface area contributed by atoms with Gasteiger partial charge in [-0.15, -0.1) is 0 Å². The van der Waals surface area contributed by atoms with E-state index in [2.05, 4.69) is 10.4 Å². The summed E-state index contributed by atoms with van der Waals surface area (Å²) in [6, 6.07) is 1.92. The van der Waals surface area contributed by atoms with Crippen LogP contribution in [-0.2, 0) is 18.3 Å². The minimum absolute atomic E-state index is 0.0436. The second-order valence-electron chi connectivity index (χ2n) is 7.72. The van der Waals surface area contributed by atoms with Crippen LogP contribution in [0.15, 0.2) is 18.3 Å². The zero-order valence-corrected chi connectivity index (χ0v) is 16.5. The number of aromatic nitrogens is 2. The van der Waals surface area contributed by atoms with E-state index in [1.54, 1.807) is 15.8 Å². The van der Waals surface area contributed by atoms with Gasteiger partial charge in [0.05, 0.1) is 23.7 Å². The van der Waals surface area contributed by atoms with E-state index in [9.17, 15) is 18.4 Å². The molecule has 2 heterocycles. The molecule has 1 N–H and O–H groups in total. The van der Waals surface area contributed by atoms with Crippen molar-refractivity contribution in [1.29, 1.82) is 0 Å². The Kier molecular flexibility index (Phi) is 5.23. The summed E-state index contributed by atoms with van der Waals surface area (Å²) in [5.74, 6) is -2.25. The van der Waals surface area contributed by atoms with Crippen LogP contribution in [0.3, 0.4) is 0 Å². The number of nitrogens with one attached hydrogen (secondary N) is 1. The van der Waals surface area contributed by atoms with Crippen molar-refractivity contribution in [2.45, 2.75) is 39.2 Å². The predicted octanol–water partition coefficient (Wildman–Crippen LogP) is 2.28. The fourth-order valence-electron chi connectivity index (χ4n) is 3.44. The van der Waals surface area contributed by atoms with E-state index in [4.69, 9.17) is 0 Å². The van der Waals surface area contributed by atoms with Crippen molar-refractivity contribution >= 4 is 11.8 Å². The first kappa shape index (κ1) is 20.0. The number of carbonyl (C=O) groups excluding carboxylic acids is 2. The van der Waals surface area contributed by atoms with Crippen LogP contribution >= 0.6 is 0 Å². The van der Waals surface area contributed by atoms with Gasteiger partial charge in [-0.3, -0.25) is 14.3 Å². The smallest absolute Gasteiger partial charge is 0.254 e. The van der Waals surface area contributed by atoms with Crippen molar-refractivity contribution in [2.75, 3.05) is 13.1 Å². The van der Waals surface area contributed by atoms with Crippen molar-refractivity contribution in [3.05, 3.63) is 52.3 Å². The molecule has 0 saturated carbocycles. The Hall–Kier alpha value is -2.77. The van der Waals surface area contributed by atoms with Gasteiger partial charge in [0.25, 0.3) is 5.91 Å². The third-order valence-electron chi connectivity index (χ3n) is 5.41. The second kappa shape index (κ2) is 7.33. The Morgan fingerprint density at radius 2 is 1.96 bits per heavy atom. The van der Waals surface area contributed by atoms with Crippen LogP contribution in [0.1, 0.15) is 40.5 Å². The maximum Gasteiger partial charge on any atom is 0.254 e. The maximum absolute atomic E-state index is 14.0. The molecule has 1 saturated heterocycles. The van der Waals surface area contributed by atoms with Gasteiger partial charge < -0.3 is 10.2 Å². The molecule has 1 aliphatic rings. The molecule has 0 spiro atoms. The average Bonchev–Trinajstić information content (AvgIpc) is 3.15. The lowest BCUT2D eigenvalue weighted by molar-refractivity contribution is -0.129. The number of likely N-dealkylation sites (tertiary alicyclic amines) is 1. The highest BCUT2D eigenvalue weighted by Crippen LogP contribution is 2.23. The molecule has 0 aliphatic carbocycles. The van der Waals surface area contributed by atoms with Crippen molar-refractivity contribution in [3.63, 3.8) is 0 Å².